The number of rotatable bonds is 9. The van der Waals surface area contributed by atoms with Crippen molar-refractivity contribution in [3.63, 3.8) is 0 Å². The summed E-state index contributed by atoms with van der Waals surface area (Å²) >= 11 is 3.22. The molecule has 5 rings (SSSR count). The van der Waals surface area contributed by atoms with E-state index in [1.54, 1.807) is 35.1 Å². The van der Waals surface area contributed by atoms with Crippen molar-refractivity contribution in [2.24, 2.45) is 0 Å². The zero-order valence-corrected chi connectivity index (χ0v) is 24.0. The lowest BCUT2D eigenvalue weighted by atomic mass is 10.0. The van der Waals surface area contributed by atoms with Crippen molar-refractivity contribution in [3.05, 3.63) is 87.6 Å². The molecule has 202 valence electrons. The molecule has 3 heterocycles. The van der Waals surface area contributed by atoms with Crippen LogP contribution in [-0.4, -0.2) is 54.2 Å². The predicted molar refractivity (Wildman–Crippen MR) is 159 cm³/mol. The van der Waals surface area contributed by atoms with Crippen LogP contribution in [-0.2, 0) is 14.3 Å². The van der Waals surface area contributed by atoms with Gasteiger partial charge in [0.15, 0.2) is 0 Å². The Morgan fingerprint density at radius 3 is 2.69 bits per heavy atom. The van der Waals surface area contributed by atoms with E-state index < -0.39 is 0 Å². The van der Waals surface area contributed by atoms with Gasteiger partial charge in [-0.15, -0.1) is 11.8 Å². The molecule has 0 spiro atoms. The van der Waals surface area contributed by atoms with E-state index in [0.717, 1.165) is 39.2 Å². The Morgan fingerprint density at radius 1 is 1.15 bits per heavy atom. The van der Waals surface area contributed by atoms with Gasteiger partial charge in [-0.3, -0.25) is 14.5 Å². The first kappa shape index (κ1) is 27.2. The Kier molecular flexibility index (Phi) is 8.50. The number of hydrogen-bond donors (Lipinski definition) is 1. The normalized spacial score (nSPS) is 15.2. The van der Waals surface area contributed by atoms with E-state index in [2.05, 4.69) is 48.1 Å². The lowest BCUT2D eigenvalue weighted by Gasteiger charge is -2.23. The van der Waals surface area contributed by atoms with Crippen molar-refractivity contribution in [1.29, 1.82) is 0 Å². The molecule has 1 aliphatic rings. The minimum absolute atomic E-state index is 0.0828. The Morgan fingerprint density at radius 2 is 1.97 bits per heavy atom. The van der Waals surface area contributed by atoms with Crippen LogP contribution < -0.4 is 10.2 Å². The van der Waals surface area contributed by atoms with E-state index in [9.17, 15) is 9.59 Å². The maximum absolute atomic E-state index is 13.7. The Hall–Kier alpha value is -3.40. The van der Waals surface area contributed by atoms with Gasteiger partial charge in [-0.05, 0) is 54.3 Å². The molecule has 0 radical (unpaired) electrons. The topological polar surface area (TPSA) is 76.5 Å². The van der Waals surface area contributed by atoms with Crippen molar-refractivity contribution < 1.29 is 14.3 Å². The van der Waals surface area contributed by atoms with Gasteiger partial charge in [0.05, 0.1) is 22.4 Å². The van der Waals surface area contributed by atoms with Gasteiger partial charge in [0.1, 0.15) is 12.4 Å². The molecular weight excluding hydrogens is 528 g/mol. The van der Waals surface area contributed by atoms with Crippen LogP contribution in [0, 0.1) is 13.8 Å². The first-order valence-electron chi connectivity index (χ1n) is 12.9. The number of carbonyl (C=O) groups is 2. The van der Waals surface area contributed by atoms with Gasteiger partial charge in [0.2, 0.25) is 11.8 Å². The fourth-order valence-corrected chi connectivity index (χ4v) is 6.83. The standard InChI is InChI=1S/C30H32N4O3S2/c1-20-10-11-24(21(2)16-20)34-30-27(28(32-34)22-8-5-4-6-9-22)29(23-12-15-38-18-23)39-19-26(36)33(30)17-25(35)31-13-7-14-37-3/h4-6,8-12,15-16,18,29H,7,13-14,17,19H2,1-3H3,(H,31,35)/t29-/m0/s1. The molecule has 7 nitrogen and oxygen atoms in total. The number of aryl methyl sites for hydroxylation is 2. The summed E-state index contributed by atoms with van der Waals surface area (Å²) in [6.45, 7) is 5.07. The van der Waals surface area contributed by atoms with E-state index >= 15 is 0 Å². The van der Waals surface area contributed by atoms with Crippen LogP contribution in [0.2, 0.25) is 0 Å². The number of amides is 2. The molecule has 0 fully saturated rings. The predicted octanol–water partition coefficient (Wildman–Crippen LogP) is 5.54. The summed E-state index contributed by atoms with van der Waals surface area (Å²) in [5, 5.41) is 12.2. The van der Waals surface area contributed by atoms with E-state index in [0.29, 0.717) is 25.4 Å². The number of aromatic nitrogens is 2. The number of hydrogen-bond acceptors (Lipinski definition) is 6. The van der Waals surface area contributed by atoms with Gasteiger partial charge < -0.3 is 10.1 Å². The molecule has 0 saturated carbocycles. The summed E-state index contributed by atoms with van der Waals surface area (Å²) in [5.41, 5.74) is 6.93. The fraction of sp³-hybridized carbons (Fsp3) is 0.300. The van der Waals surface area contributed by atoms with Crippen LogP contribution in [0.4, 0.5) is 5.82 Å². The number of benzene rings is 2. The zero-order chi connectivity index (χ0) is 27.4. The van der Waals surface area contributed by atoms with E-state index in [4.69, 9.17) is 9.84 Å². The zero-order valence-electron chi connectivity index (χ0n) is 22.3. The summed E-state index contributed by atoms with van der Waals surface area (Å²) in [5.74, 6) is 0.586. The number of carbonyl (C=O) groups excluding carboxylic acids is 2. The molecule has 1 atom stereocenters. The number of ether oxygens (including phenoxy) is 1. The second-order valence-electron chi connectivity index (χ2n) is 9.58. The molecule has 1 N–H and O–H groups in total. The maximum Gasteiger partial charge on any atom is 0.240 e. The van der Waals surface area contributed by atoms with Gasteiger partial charge in [-0.2, -0.15) is 16.4 Å². The third-order valence-electron chi connectivity index (χ3n) is 6.71. The fourth-order valence-electron chi connectivity index (χ4n) is 4.87. The number of nitrogens with one attached hydrogen (secondary N) is 1. The highest BCUT2D eigenvalue weighted by Crippen LogP contribution is 2.49. The molecule has 4 aromatic rings. The average Bonchev–Trinajstić information content (AvgIpc) is 3.57. The lowest BCUT2D eigenvalue weighted by Crippen LogP contribution is -2.42. The molecule has 1 aliphatic heterocycles. The SMILES string of the molecule is COCCCNC(=O)CN1C(=O)CS[C@@H](c2ccsc2)c2c(-c3ccccc3)nn(-c3ccc(C)cc3C)c21. The molecule has 2 aromatic heterocycles. The number of fused-ring (bicyclic) bond motifs is 1. The second-order valence-corrected chi connectivity index (χ2v) is 11.5. The highest BCUT2D eigenvalue weighted by Gasteiger charge is 2.38. The van der Waals surface area contributed by atoms with Gasteiger partial charge >= 0.3 is 0 Å². The minimum Gasteiger partial charge on any atom is -0.385 e. The van der Waals surface area contributed by atoms with Crippen molar-refractivity contribution in [3.8, 4) is 16.9 Å². The van der Waals surface area contributed by atoms with E-state index in [-0.39, 0.29) is 29.4 Å². The summed E-state index contributed by atoms with van der Waals surface area (Å²) < 4.78 is 6.97. The molecule has 0 unspecified atom stereocenters. The number of methoxy groups -OCH3 is 1. The van der Waals surface area contributed by atoms with Crippen LogP contribution in [0.3, 0.4) is 0 Å². The maximum atomic E-state index is 13.7. The molecule has 39 heavy (non-hydrogen) atoms. The van der Waals surface area contributed by atoms with Gasteiger partial charge in [-0.25, -0.2) is 4.68 Å². The number of nitrogens with zero attached hydrogens (tertiary/aromatic N) is 3. The van der Waals surface area contributed by atoms with Crippen molar-refractivity contribution >= 4 is 40.7 Å². The van der Waals surface area contributed by atoms with Gasteiger partial charge in [0.25, 0.3) is 0 Å². The summed E-state index contributed by atoms with van der Waals surface area (Å²) in [4.78, 5) is 28.5. The number of anilines is 1. The molecular formula is C30H32N4O3S2. The molecule has 0 saturated heterocycles. The smallest absolute Gasteiger partial charge is 0.240 e. The Balaban J connectivity index is 1.71. The monoisotopic (exact) mass is 560 g/mol. The molecule has 2 amide bonds. The largest absolute Gasteiger partial charge is 0.385 e. The number of thiophene rings is 1. The second kappa shape index (κ2) is 12.2. The van der Waals surface area contributed by atoms with Crippen LogP contribution in [0.1, 0.15) is 33.9 Å². The summed E-state index contributed by atoms with van der Waals surface area (Å²) in [6.07, 6.45) is 0.705. The third-order valence-corrected chi connectivity index (χ3v) is 8.67. The van der Waals surface area contributed by atoms with Crippen LogP contribution >= 0.6 is 23.1 Å². The quantitative estimate of drug-likeness (QED) is 0.272. The summed E-state index contributed by atoms with van der Waals surface area (Å²) in [7, 11) is 1.64. The summed E-state index contributed by atoms with van der Waals surface area (Å²) in [6, 6.07) is 18.4. The first-order valence-corrected chi connectivity index (χ1v) is 14.9. The molecule has 0 aliphatic carbocycles. The van der Waals surface area contributed by atoms with Gasteiger partial charge in [0, 0.05) is 31.4 Å². The van der Waals surface area contributed by atoms with Crippen LogP contribution in [0.15, 0.2) is 65.4 Å². The molecule has 2 aromatic carbocycles. The lowest BCUT2D eigenvalue weighted by molar-refractivity contribution is -0.122. The highest BCUT2D eigenvalue weighted by atomic mass is 32.2. The molecule has 0 bridgehead atoms. The third kappa shape index (κ3) is 5.80. The number of thioether (sulfide) groups is 1. The van der Waals surface area contributed by atoms with Crippen molar-refractivity contribution in [1.82, 2.24) is 15.1 Å². The van der Waals surface area contributed by atoms with Crippen molar-refractivity contribution in [2.45, 2.75) is 25.5 Å². The first-order chi connectivity index (χ1) is 19.0. The highest BCUT2D eigenvalue weighted by molar-refractivity contribution is 8.00. The van der Waals surface area contributed by atoms with Crippen LogP contribution in [0.5, 0.6) is 0 Å². The minimum atomic E-state index is -0.209. The Bertz CT molecular complexity index is 1450. The van der Waals surface area contributed by atoms with Gasteiger partial charge in [-0.1, -0.05) is 48.0 Å². The van der Waals surface area contributed by atoms with E-state index in [1.807, 2.05) is 41.1 Å². The average molecular weight is 561 g/mol. The molecule has 9 heteroatoms. The van der Waals surface area contributed by atoms with E-state index in [1.165, 1.54) is 0 Å². The Labute approximate surface area is 237 Å². The van der Waals surface area contributed by atoms with Crippen molar-refractivity contribution in [2.75, 3.05) is 37.5 Å². The van der Waals surface area contributed by atoms with Crippen LogP contribution in [0.25, 0.3) is 16.9 Å².